The average Bonchev–Trinajstić information content (AvgIpc) is 0.878. The maximum atomic E-state index is 13.3. The van der Waals surface area contributed by atoms with Crippen LogP contribution in [0.25, 0.3) is 34.0 Å². The van der Waals surface area contributed by atoms with Gasteiger partial charge in [-0.25, -0.2) is 30.4 Å². The van der Waals surface area contributed by atoms with Gasteiger partial charge in [0, 0.05) is 25.2 Å². The number of aliphatic carboxylic acids is 1. The van der Waals surface area contributed by atoms with Crippen molar-refractivity contribution < 1.29 is 77.5 Å². The normalized spacial score (nSPS) is 19.6. The third-order valence-electron chi connectivity index (χ3n) is 18.0. The SMILES string of the molecule is CC(C)[C@@H]1NC(=O)C(C)(C)/C=C/c2ccc3c(=O)[nH]c(nc3c2)[C@@H](C)OC(=O)[C@@H]2CCCN(N2)C(=O)[C@H](C)NC1=O.CC(C)[C@H](NC(=O)C(C)(C)/C=C/c1ccc2c(=O)[nH]c([C@@H](C)O)nc2c1)C(=O)N[C@@H](C)C(=O)N1CCC[C@@H](C(=O)O)N1.Cc1cccc([N+](=O)[O-])c1C(=O)OC(=O)c1c(C)cccc1[N+](=O)[O-]. The van der Waals surface area contributed by atoms with E-state index in [0.29, 0.717) is 71.7 Å². The maximum absolute atomic E-state index is 13.3. The molecule has 2 aromatic heterocycles. The number of ether oxygens (including phenoxy) is 2. The Morgan fingerprint density at radius 2 is 1.34 bits per heavy atom. The van der Waals surface area contributed by atoms with Crippen LogP contribution in [0.2, 0.25) is 0 Å². The first-order valence-corrected chi connectivity index (χ1v) is 34.8. The van der Waals surface area contributed by atoms with Crippen LogP contribution in [0.4, 0.5) is 11.4 Å². The summed E-state index contributed by atoms with van der Waals surface area (Å²) >= 11 is 0. The number of amides is 6. The molecule has 2 saturated heterocycles. The number of nitrogens with zero attached hydrogens (tertiary/aromatic N) is 6. The monoisotopic (exact) mass is 1490 g/mol. The Kier molecular flexibility index (Phi) is 27.5. The van der Waals surface area contributed by atoms with Crippen molar-refractivity contribution in [2.45, 2.75) is 171 Å². The highest BCUT2D eigenvalue weighted by molar-refractivity contribution is 6.07. The van der Waals surface area contributed by atoms with Gasteiger partial charge in [-0.3, -0.25) is 78.2 Å². The summed E-state index contributed by atoms with van der Waals surface area (Å²) in [7, 11) is 0. The number of aromatic nitrogens is 4. The Balaban J connectivity index is 0.000000233. The molecule has 9 rings (SSSR count). The lowest BCUT2D eigenvalue weighted by molar-refractivity contribution is -0.385. The minimum atomic E-state index is -1.24. The molecule has 3 aliphatic heterocycles. The zero-order valence-corrected chi connectivity index (χ0v) is 62.2. The van der Waals surface area contributed by atoms with Crippen LogP contribution in [0.15, 0.2) is 94.5 Å². The molecule has 6 aromatic rings. The van der Waals surface area contributed by atoms with E-state index < -0.39 is 134 Å². The molecule has 0 saturated carbocycles. The number of benzene rings is 4. The number of cyclic esters (lactones) is 1. The summed E-state index contributed by atoms with van der Waals surface area (Å²) in [6.45, 7) is 23.7. The summed E-state index contributed by atoms with van der Waals surface area (Å²) in [5, 5.41) is 55.4. The molecule has 5 bridgehead atoms. The van der Waals surface area contributed by atoms with Crippen LogP contribution < -0.4 is 43.2 Å². The number of nitrogens with one attached hydrogen (secondary N) is 8. The second-order valence-electron chi connectivity index (χ2n) is 28.3. The Labute approximate surface area is 619 Å². The van der Waals surface area contributed by atoms with Gasteiger partial charge < -0.3 is 50.9 Å². The van der Waals surface area contributed by atoms with Crippen LogP contribution in [0.5, 0.6) is 0 Å². The largest absolute Gasteiger partial charge is 0.480 e. The lowest BCUT2D eigenvalue weighted by Gasteiger charge is -2.35. The number of fused-ring (bicyclic) bond motifs is 5. The third-order valence-corrected chi connectivity index (χ3v) is 18.0. The number of hydrogen-bond donors (Lipinski definition) is 10. The molecule has 3 aliphatic rings. The number of aliphatic hydroxyl groups excluding tert-OH is 1. The molecular formula is C74H90N14O20. The van der Waals surface area contributed by atoms with E-state index in [0.717, 1.165) is 12.1 Å². The first-order valence-electron chi connectivity index (χ1n) is 34.8. The van der Waals surface area contributed by atoms with Gasteiger partial charge in [0.05, 0.1) is 42.5 Å². The van der Waals surface area contributed by atoms with Crippen molar-refractivity contribution >= 4 is 105 Å². The predicted octanol–water partition coefficient (Wildman–Crippen LogP) is 6.08. The van der Waals surface area contributed by atoms with Gasteiger partial charge in [-0.05, 0) is 153 Å². The number of carbonyl (C=O) groups excluding carboxylic acids is 9. The average molecular weight is 1500 g/mol. The number of aromatic amines is 2. The number of nitro groups is 2. The van der Waals surface area contributed by atoms with Gasteiger partial charge in [0.15, 0.2) is 11.9 Å². The van der Waals surface area contributed by atoms with Crippen molar-refractivity contribution in [2.75, 3.05) is 13.1 Å². The van der Waals surface area contributed by atoms with Crippen molar-refractivity contribution in [3.8, 4) is 0 Å². The lowest BCUT2D eigenvalue weighted by atomic mass is 9.89. The van der Waals surface area contributed by atoms with Crippen molar-refractivity contribution in [2.24, 2.45) is 22.7 Å². The molecule has 34 nitrogen and oxygen atoms in total. The fourth-order valence-electron chi connectivity index (χ4n) is 11.5. The zero-order chi connectivity index (χ0) is 80.1. The van der Waals surface area contributed by atoms with Gasteiger partial charge in [-0.15, -0.1) is 0 Å². The van der Waals surface area contributed by atoms with Crippen LogP contribution in [-0.4, -0.2) is 159 Å². The molecule has 0 aliphatic carbocycles. The number of carboxylic acid groups (broad SMARTS) is 1. The van der Waals surface area contributed by atoms with E-state index >= 15 is 0 Å². The standard InChI is InChI=1S/C29H40N6O7.C29H38N6O6.C16H12N2O7/c1-15(2)22(25(38)30-16(3)26(39)35-13-7-8-20(34-35)27(40)41)32-28(42)29(5,6)12-11-18-9-10-19-21(14-18)31-23(17(4)36)33-24(19)37;1-15(2)22-25(37)30-16(3)26(38)35-13-7-8-20(34-35)27(39)41-17(4)23-31-21-14-18(9-10-19(21)24(36)33-23)11-12-29(5,6)28(40)32-22;1-9-5-3-7-11(17(21)22)13(9)15(19)25-16(20)14-10(2)6-4-8-12(14)18(23)24/h9-12,14-17,20,22,34,36H,7-8,13H2,1-6H3,(H,30,38)(H,32,42)(H,40,41)(H,31,33,37);9-12,14-17,20,22,34H,7-8,13H2,1-6H3,(H,30,37)(H,32,40)(H,31,33,36);3-8H,1-2H3/b2*12-11+;/t2*16-,17+,20-,22-;/m00./s1. The van der Waals surface area contributed by atoms with Crippen molar-refractivity contribution in [1.82, 2.24) is 62.1 Å². The number of rotatable bonds is 15. The summed E-state index contributed by atoms with van der Waals surface area (Å²) in [6.07, 6.45) is 6.92. The molecule has 4 aromatic carbocycles. The highest BCUT2D eigenvalue weighted by Gasteiger charge is 2.39. The molecule has 2 fully saturated rings. The Morgan fingerprint density at radius 1 is 0.759 bits per heavy atom. The number of esters is 3. The van der Waals surface area contributed by atoms with Crippen LogP contribution >= 0.6 is 0 Å². The number of hydrogen-bond acceptors (Lipinski definition) is 23. The number of carboxylic acids is 1. The minimum absolute atomic E-state index is 0.152. The summed E-state index contributed by atoms with van der Waals surface area (Å²) in [5.74, 6) is -7.06. The predicted molar refractivity (Wildman–Crippen MR) is 393 cm³/mol. The number of hydrazine groups is 2. The van der Waals surface area contributed by atoms with Crippen LogP contribution in [-0.2, 0) is 47.8 Å². The van der Waals surface area contributed by atoms with Crippen LogP contribution in [0.3, 0.4) is 0 Å². The van der Waals surface area contributed by atoms with Gasteiger partial charge in [-0.2, -0.15) is 0 Å². The van der Waals surface area contributed by atoms with Gasteiger partial charge in [0.25, 0.3) is 34.3 Å². The molecule has 0 radical (unpaired) electrons. The smallest absolute Gasteiger partial charge is 0.353 e. The maximum Gasteiger partial charge on any atom is 0.353 e. The molecule has 0 spiro atoms. The van der Waals surface area contributed by atoms with E-state index in [2.05, 4.69) is 56.8 Å². The van der Waals surface area contributed by atoms with E-state index in [4.69, 9.17) is 4.74 Å². The second kappa shape index (κ2) is 35.5. The van der Waals surface area contributed by atoms with E-state index in [-0.39, 0.29) is 62.8 Å². The molecule has 10 N–H and O–H groups in total. The second-order valence-corrected chi connectivity index (χ2v) is 28.3. The first-order chi connectivity index (χ1) is 50.6. The van der Waals surface area contributed by atoms with Gasteiger partial charge in [-0.1, -0.05) is 88.4 Å². The lowest BCUT2D eigenvalue weighted by Crippen LogP contribution is -2.61. The molecule has 6 amide bonds. The number of nitro benzene ring substituents is 2. The van der Waals surface area contributed by atoms with E-state index in [1.807, 2.05) is 13.8 Å². The van der Waals surface area contributed by atoms with Crippen molar-refractivity contribution in [3.05, 3.63) is 171 Å². The quantitative estimate of drug-likeness (QED) is 0.0241. The molecule has 5 heterocycles. The van der Waals surface area contributed by atoms with E-state index in [1.165, 1.54) is 62.0 Å². The fourth-order valence-corrected chi connectivity index (χ4v) is 11.5. The van der Waals surface area contributed by atoms with Crippen LogP contribution in [0, 0.1) is 56.7 Å². The van der Waals surface area contributed by atoms with Crippen molar-refractivity contribution in [1.29, 1.82) is 0 Å². The minimum Gasteiger partial charge on any atom is -0.480 e. The summed E-state index contributed by atoms with van der Waals surface area (Å²) in [4.78, 5) is 188. The number of aryl methyl sites for hydroxylation is 2. The number of aliphatic hydroxyl groups is 1. The molecule has 0 unspecified atom stereocenters. The molecule has 576 valence electrons. The summed E-state index contributed by atoms with van der Waals surface area (Å²) in [5.41, 5.74) is 3.70. The first kappa shape index (κ1) is 83.5. The van der Waals surface area contributed by atoms with E-state index in [9.17, 15) is 88.0 Å². The molecule has 8 atom stereocenters. The summed E-state index contributed by atoms with van der Waals surface area (Å²) in [6, 6.07) is 12.6. The number of H-pyrrole nitrogens is 2. The van der Waals surface area contributed by atoms with Crippen molar-refractivity contribution in [3.63, 3.8) is 0 Å². The summed E-state index contributed by atoms with van der Waals surface area (Å²) < 4.78 is 10.3. The van der Waals surface area contributed by atoms with Gasteiger partial charge in [0.2, 0.25) is 23.6 Å². The van der Waals surface area contributed by atoms with Gasteiger partial charge in [0.1, 0.15) is 59.3 Å². The molecule has 34 heteroatoms. The van der Waals surface area contributed by atoms with E-state index in [1.54, 1.807) is 116 Å². The Bertz CT molecular complexity index is 4620. The molecule has 108 heavy (non-hydrogen) atoms. The highest BCUT2D eigenvalue weighted by atomic mass is 16.6. The Hall–Kier alpha value is -11.8. The fraction of sp³-hybridized carbons (Fsp3) is 0.432. The number of carbonyl (C=O) groups is 10. The molecular weight excluding hydrogens is 1400 g/mol. The zero-order valence-electron chi connectivity index (χ0n) is 62.2. The Morgan fingerprint density at radius 3 is 1.92 bits per heavy atom. The topological polar surface area (TPSA) is 486 Å². The van der Waals surface area contributed by atoms with Crippen LogP contribution in [0.1, 0.15) is 176 Å². The van der Waals surface area contributed by atoms with Gasteiger partial charge >= 0.3 is 23.9 Å². The third kappa shape index (κ3) is 20.8. The highest BCUT2D eigenvalue weighted by Crippen LogP contribution is 2.29.